The molecule has 0 radical (unpaired) electrons. The molecule has 1 unspecified atom stereocenters. The summed E-state index contributed by atoms with van der Waals surface area (Å²) in [5.41, 5.74) is 0. The normalized spacial score (nSPS) is 27.1. The molecule has 118 valence electrons. The van der Waals surface area contributed by atoms with Gasteiger partial charge in [-0.15, -0.1) is 11.6 Å². The first-order valence-corrected chi connectivity index (χ1v) is 9.85. The summed E-state index contributed by atoms with van der Waals surface area (Å²) < 4.78 is 29.4. The number of nitrogens with zero attached hydrogens (tertiary/aromatic N) is 2. The van der Waals surface area contributed by atoms with Crippen molar-refractivity contribution in [1.29, 1.82) is 0 Å². The number of hydrogen-bond donors (Lipinski definition) is 0. The Labute approximate surface area is 128 Å². The van der Waals surface area contributed by atoms with E-state index in [9.17, 15) is 8.42 Å². The fourth-order valence-electron chi connectivity index (χ4n) is 3.49. The Kier molecular flexibility index (Phi) is 6.14. The van der Waals surface area contributed by atoms with Crippen LogP contribution in [-0.2, 0) is 10.2 Å². The van der Waals surface area contributed by atoms with E-state index in [1.807, 2.05) is 6.92 Å². The van der Waals surface area contributed by atoms with Gasteiger partial charge in [-0.05, 0) is 32.6 Å². The van der Waals surface area contributed by atoms with Gasteiger partial charge in [-0.25, -0.2) is 0 Å². The van der Waals surface area contributed by atoms with Crippen LogP contribution in [0.5, 0.6) is 0 Å². The Balaban J connectivity index is 2.16. The van der Waals surface area contributed by atoms with Crippen molar-refractivity contribution in [3.8, 4) is 0 Å². The Morgan fingerprint density at radius 2 is 1.75 bits per heavy atom. The topological polar surface area (TPSA) is 40.6 Å². The van der Waals surface area contributed by atoms with Crippen molar-refractivity contribution in [1.82, 2.24) is 8.61 Å². The predicted octanol–water partition coefficient (Wildman–Crippen LogP) is 2.98. The van der Waals surface area contributed by atoms with Crippen molar-refractivity contribution in [2.24, 2.45) is 0 Å². The van der Waals surface area contributed by atoms with Gasteiger partial charge in [0.25, 0.3) is 10.2 Å². The molecule has 1 aliphatic heterocycles. The van der Waals surface area contributed by atoms with E-state index in [0.717, 1.165) is 44.9 Å². The smallest absolute Gasteiger partial charge is 0.195 e. The molecule has 0 amide bonds. The molecule has 1 heterocycles. The van der Waals surface area contributed by atoms with E-state index >= 15 is 0 Å². The van der Waals surface area contributed by atoms with Crippen LogP contribution in [0.25, 0.3) is 0 Å². The molecule has 2 rings (SSSR count). The molecule has 1 atom stereocenters. The van der Waals surface area contributed by atoms with E-state index in [1.54, 1.807) is 8.61 Å². The first kappa shape index (κ1) is 16.5. The molecule has 0 aromatic heterocycles. The molecule has 0 bridgehead atoms. The highest BCUT2D eigenvalue weighted by atomic mass is 35.5. The summed E-state index contributed by atoms with van der Waals surface area (Å²) in [5, 5.41) is 0. The van der Waals surface area contributed by atoms with Gasteiger partial charge in [0.05, 0.1) is 0 Å². The third-order valence-corrected chi connectivity index (χ3v) is 7.00. The Bertz CT molecular complexity index is 396. The van der Waals surface area contributed by atoms with Gasteiger partial charge in [-0.1, -0.05) is 25.7 Å². The Hall–Kier alpha value is 0.160. The van der Waals surface area contributed by atoms with Crippen LogP contribution in [0.4, 0.5) is 0 Å². The molecule has 6 heteroatoms. The molecular weight excluding hydrogens is 296 g/mol. The van der Waals surface area contributed by atoms with Gasteiger partial charge in [-0.2, -0.15) is 17.0 Å². The lowest BCUT2D eigenvalue weighted by molar-refractivity contribution is 0.210. The van der Waals surface area contributed by atoms with Crippen LogP contribution in [0.3, 0.4) is 0 Å². The third-order valence-electron chi connectivity index (χ3n) is 4.62. The quantitative estimate of drug-likeness (QED) is 0.730. The molecule has 4 nitrogen and oxygen atoms in total. The summed E-state index contributed by atoms with van der Waals surface area (Å²) in [6.45, 7) is 3.13. The maximum atomic E-state index is 13.0. The standard InChI is InChI=1S/C14H27ClN2O2S/c1-13-7-5-6-11-16(13)20(18,19)17(12-10-15)14-8-3-2-4-9-14/h13-14H,2-12H2,1H3. The molecule has 0 aromatic rings. The highest BCUT2D eigenvalue weighted by Crippen LogP contribution is 2.29. The van der Waals surface area contributed by atoms with Gasteiger partial charge in [0.15, 0.2) is 0 Å². The summed E-state index contributed by atoms with van der Waals surface area (Å²) in [5.74, 6) is 0.373. The van der Waals surface area contributed by atoms with Crippen molar-refractivity contribution in [2.75, 3.05) is 19.0 Å². The summed E-state index contributed by atoms with van der Waals surface area (Å²) in [7, 11) is -3.35. The van der Waals surface area contributed by atoms with Gasteiger partial charge in [0.2, 0.25) is 0 Å². The van der Waals surface area contributed by atoms with E-state index in [4.69, 9.17) is 11.6 Å². The molecule has 1 aliphatic carbocycles. The minimum atomic E-state index is -3.35. The minimum Gasteiger partial charge on any atom is -0.195 e. The predicted molar refractivity (Wildman–Crippen MR) is 83.2 cm³/mol. The van der Waals surface area contributed by atoms with Crippen molar-refractivity contribution in [2.45, 2.75) is 70.4 Å². The lowest BCUT2D eigenvalue weighted by atomic mass is 9.95. The van der Waals surface area contributed by atoms with Gasteiger partial charge in [0, 0.05) is 31.1 Å². The lowest BCUT2D eigenvalue weighted by Gasteiger charge is -2.40. The fraction of sp³-hybridized carbons (Fsp3) is 1.00. The summed E-state index contributed by atoms with van der Waals surface area (Å²) in [6.07, 6.45) is 8.54. The molecule has 1 saturated carbocycles. The number of rotatable bonds is 5. The van der Waals surface area contributed by atoms with Crippen molar-refractivity contribution >= 4 is 21.8 Å². The van der Waals surface area contributed by atoms with E-state index in [-0.39, 0.29) is 12.1 Å². The average molecular weight is 323 g/mol. The molecule has 2 fully saturated rings. The monoisotopic (exact) mass is 322 g/mol. The van der Waals surface area contributed by atoms with Gasteiger partial charge in [0.1, 0.15) is 0 Å². The first-order chi connectivity index (χ1) is 9.57. The van der Waals surface area contributed by atoms with Crippen LogP contribution >= 0.6 is 11.6 Å². The Morgan fingerprint density at radius 1 is 1.10 bits per heavy atom. The largest absolute Gasteiger partial charge is 0.282 e. The van der Waals surface area contributed by atoms with Crippen LogP contribution < -0.4 is 0 Å². The molecule has 0 spiro atoms. The van der Waals surface area contributed by atoms with E-state index in [0.29, 0.717) is 19.0 Å². The highest BCUT2D eigenvalue weighted by Gasteiger charge is 2.38. The number of hydrogen-bond acceptors (Lipinski definition) is 2. The lowest BCUT2D eigenvalue weighted by Crippen LogP contribution is -2.53. The third kappa shape index (κ3) is 3.67. The van der Waals surface area contributed by atoms with Crippen LogP contribution in [-0.4, -0.2) is 48.1 Å². The highest BCUT2D eigenvalue weighted by molar-refractivity contribution is 7.86. The Morgan fingerprint density at radius 3 is 2.35 bits per heavy atom. The average Bonchev–Trinajstić information content (AvgIpc) is 2.45. The molecule has 1 saturated heterocycles. The van der Waals surface area contributed by atoms with Crippen LogP contribution in [0.1, 0.15) is 58.3 Å². The van der Waals surface area contributed by atoms with Crippen LogP contribution in [0, 0.1) is 0 Å². The van der Waals surface area contributed by atoms with Crippen molar-refractivity contribution < 1.29 is 8.42 Å². The van der Waals surface area contributed by atoms with Gasteiger partial charge < -0.3 is 0 Å². The van der Waals surface area contributed by atoms with Crippen LogP contribution in [0.2, 0.25) is 0 Å². The van der Waals surface area contributed by atoms with E-state index < -0.39 is 10.2 Å². The number of alkyl halides is 1. The molecule has 20 heavy (non-hydrogen) atoms. The van der Waals surface area contributed by atoms with Gasteiger partial charge >= 0.3 is 0 Å². The zero-order chi connectivity index (χ0) is 14.6. The molecular formula is C14H27ClN2O2S. The fourth-order valence-corrected chi connectivity index (χ4v) is 5.87. The summed E-state index contributed by atoms with van der Waals surface area (Å²) in [4.78, 5) is 0. The second kappa shape index (κ2) is 7.43. The molecule has 0 aromatic carbocycles. The van der Waals surface area contributed by atoms with Gasteiger partial charge in [-0.3, -0.25) is 0 Å². The van der Waals surface area contributed by atoms with Crippen LogP contribution in [0.15, 0.2) is 0 Å². The molecule has 2 aliphatic rings. The number of piperidine rings is 1. The second-order valence-electron chi connectivity index (χ2n) is 6.05. The zero-order valence-electron chi connectivity index (χ0n) is 12.4. The first-order valence-electron chi connectivity index (χ1n) is 7.92. The van der Waals surface area contributed by atoms with Crippen molar-refractivity contribution in [3.05, 3.63) is 0 Å². The maximum Gasteiger partial charge on any atom is 0.282 e. The maximum absolute atomic E-state index is 13.0. The summed E-state index contributed by atoms with van der Waals surface area (Å²) in [6, 6.07) is 0.275. The zero-order valence-corrected chi connectivity index (χ0v) is 14.0. The molecule has 0 N–H and O–H groups in total. The van der Waals surface area contributed by atoms with Crippen molar-refractivity contribution in [3.63, 3.8) is 0 Å². The minimum absolute atomic E-state index is 0.121. The number of halogens is 1. The summed E-state index contributed by atoms with van der Waals surface area (Å²) >= 11 is 5.87. The van der Waals surface area contributed by atoms with E-state index in [1.165, 1.54) is 6.42 Å². The van der Waals surface area contributed by atoms with E-state index in [2.05, 4.69) is 0 Å². The SMILES string of the molecule is CC1CCCCN1S(=O)(=O)N(CCCl)C1CCCCC1. The second-order valence-corrected chi connectivity index (χ2v) is 8.27.